The van der Waals surface area contributed by atoms with Crippen molar-refractivity contribution in [2.45, 2.75) is 0 Å². The average Bonchev–Trinajstić information content (AvgIpc) is 3.27. The molecular weight excluding hydrogens is 469 g/mol. The predicted molar refractivity (Wildman–Crippen MR) is 122 cm³/mol. The molecule has 33 heavy (non-hydrogen) atoms. The number of nitrogens with zero attached hydrogens (tertiary/aromatic N) is 1. The number of nitrogens with one attached hydrogen (secondary N) is 2. The second-order valence-corrected chi connectivity index (χ2v) is 8.48. The summed E-state index contributed by atoms with van der Waals surface area (Å²) in [4.78, 5) is 42.1. The lowest BCUT2D eigenvalue weighted by molar-refractivity contribution is -0.125. The molecule has 0 atom stereocenters. The Bertz CT molecular complexity index is 1360. The molecule has 4 aromatic rings. The van der Waals surface area contributed by atoms with Crippen molar-refractivity contribution in [3.05, 3.63) is 88.0 Å². The maximum absolute atomic E-state index is 12.9. The van der Waals surface area contributed by atoms with Crippen molar-refractivity contribution in [1.82, 2.24) is 15.8 Å². The zero-order chi connectivity index (χ0) is 23.4. The Morgan fingerprint density at radius 3 is 2.48 bits per heavy atom. The quantitative estimate of drug-likeness (QED) is 0.324. The van der Waals surface area contributed by atoms with Gasteiger partial charge in [-0.05, 0) is 48.5 Å². The lowest BCUT2D eigenvalue weighted by Crippen LogP contribution is -2.43. The van der Waals surface area contributed by atoms with Gasteiger partial charge in [-0.3, -0.25) is 20.4 Å². The van der Waals surface area contributed by atoms with E-state index in [1.165, 1.54) is 23.5 Å². The number of carbonyl (C=O) groups excluding carboxylic acids is 3. The van der Waals surface area contributed by atoms with Crippen LogP contribution >= 0.6 is 22.9 Å². The number of rotatable bonds is 5. The molecule has 0 saturated heterocycles. The molecule has 0 aliphatic carbocycles. The van der Waals surface area contributed by atoms with Crippen molar-refractivity contribution in [2.75, 3.05) is 6.61 Å². The van der Waals surface area contributed by atoms with Crippen molar-refractivity contribution in [3.8, 4) is 10.6 Å². The number of para-hydroxylation sites is 1. The minimum Gasteiger partial charge on any atom is -0.452 e. The minimum atomic E-state index is -0.748. The molecular formula is C23H15ClFN3O4S. The van der Waals surface area contributed by atoms with Crippen molar-refractivity contribution in [1.29, 1.82) is 0 Å². The lowest BCUT2D eigenvalue weighted by Gasteiger charge is -2.10. The number of benzene rings is 2. The van der Waals surface area contributed by atoms with Gasteiger partial charge in [-0.1, -0.05) is 29.8 Å². The second-order valence-electron chi connectivity index (χ2n) is 6.76. The van der Waals surface area contributed by atoms with E-state index < -0.39 is 30.2 Å². The molecule has 0 radical (unpaired) electrons. The zero-order valence-corrected chi connectivity index (χ0v) is 18.4. The topological polar surface area (TPSA) is 97.4 Å². The van der Waals surface area contributed by atoms with Gasteiger partial charge < -0.3 is 4.74 Å². The number of ether oxygens (including phenoxy) is 1. The molecule has 4 rings (SSSR count). The van der Waals surface area contributed by atoms with Gasteiger partial charge in [0.25, 0.3) is 11.8 Å². The van der Waals surface area contributed by atoms with Crippen LogP contribution < -0.4 is 10.9 Å². The SMILES string of the molecule is O=C(COC(=O)c1cc(-c2ccc(Cl)s2)nc2ccccc12)NNC(=O)c1ccc(F)cc1. The third-order valence-corrected chi connectivity index (χ3v) is 5.77. The highest BCUT2D eigenvalue weighted by atomic mass is 35.5. The summed E-state index contributed by atoms with van der Waals surface area (Å²) in [7, 11) is 0. The fourth-order valence-electron chi connectivity index (χ4n) is 2.97. The highest BCUT2D eigenvalue weighted by molar-refractivity contribution is 7.19. The van der Waals surface area contributed by atoms with Crippen LogP contribution in [0.25, 0.3) is 21.5 Å². The summed E-state index contributed by atoms with van der Waals surface area (Å²) in [5.74, 6) is -2.61. The number of amides is 2. The summed E-state index contributed by atoms with van der Waals surface area (Å²) in [5.41, 5.74) is 5.84. The van der Waals surface area contributed by atoms with Gasteiger partial charge in [0, 0.05) is 10.9 Å². The van der Waals surface area contributed by atoms with Crippen LogP contribution in [0.1, 0.15) is 20.7 Å². The lowest BCUT2D eigenvalue weighted by atomic mass is 10.1. The van der Waals surface area contributed by atoms with E-state index in [9.17, 15) is 18.8 Å². The Balaban J connectivity index is 1.43. The van der Waals surface area contributed by atoms with Crippen LogP contribution in [0, 0.1) is 5.82 Å². The van der Waals surface area contributed by atoms with Gasteiger partial charge in [0.1, 0.15) is 5.82 Å². The highest BCUT2D eigenvalue weighted by Crippen LogP contribution is 2.32. The number of hydrogen-bond donors (Lipinski definition) is 2. The Morgan fingerprint density at radius 2 is 1.76 bits per heavy atom. The number of halogens is 2. The Morgan fingerprint density at radius 1 is 1.00 bits per heavy atom. The number of esters is 1. The molecule has 0 spiro atoms. The maximum Gasteiger partial charge on any atom is 0.339 e. The van der Waals surface area contributed by atoms with E-state index in [0.29, 0.717) is 20.9 Å². The van der Waals surface area contributed by atoms with Gasteiger partial charge in [-0.2, -0.15) is 0 Å². The summed E-state index contributed by atoms with van der Waals surface area (Å²) in [6, 6.07) is 17.0. The number of hydrogen-bond acceptors (Lipinski definition) is 6. The van der Waals surface area contributed by atoms with Crippen molar-refractivity contribution in [2.24, 2.45) is 0 Å². The van der Waals surface area contributed by atoms with Crippen molar-refractivity contribution < 1.29 is 23.5 Å². The van der Waals surface area contributed by atoms with Crippen molar-refractivity contribution in [3.63, 3.8) is 0 Å². The van der Waals surface area contributed by atoms with Gasteiger partial charge in [0.15, 0.2) is 6.61 Å². The van der Waals surface area contributed by atoms with Crippen LogP contribution in [-0.2, 0) is 9.53 Å². The van der Waals surface area contributed by atoms with E-state index in [4.69, 9.17) is 16.3 Å². The average molecular weight is 484 g/mol. The molecule has 2 amide bonds. The molecule has 2 aromatic carbocycles. The standard InChI is InChI=1S/C23H15ClFN3O4S/c24-20-10-9-19(33-20)18-11-16(15-3-1-2-4-17(15)26-18)23(31)32-12-21(29)27-28-22(30)13-5-7-14(25)8-6-13/h1-11H,12H2,(H,27,29)(H,28,30). The Kier molecular flexibility index (Phi) is 6.62. The van der Waals surface area contributed by atoms with E-state index >= 15 is 0 Å². The first-order valence-corrected chi connectivity index (χ1v) is 10.8. The second kappa shape index (κ2) is 9.76. The third kappa shape index (κ3) is 5.33. The first-order chi connectivity index (χ1) is 15.9. The number of thiophene rings is 1. The predicted octanol–water partition coefficient (Wildman–Crippen LogP) is 4.37. The zero-order valence-electron chi connectivity index (χ0n) is 16.8. The molecule has 0 fully saturated rings. The molecule has 2 heterocycles. The van der Waals surface area contributed by atoms with E-state index in [-0.39, 0.29) is 11.1 Å². The van der Waals surface area contributed by atoms with Crippen LogP contribution in [-0.4, -0.2) is 29.4 Å². The third-order valence-electron chi connectivity index (χ3n) is 4.52. The number of aromatic nitrogens is 1. The maximum atomic E-state index is 12.9. The molecule has 0 aliphatic heterocycles. The first kappa shape index (κ1) is 22.4. The number of pyridine rings is 1. The van der Waals surface area contributed by atoms with Crippen LogP contribution in [0.3, 0.4) is 0 Å². The summed E-state index contributed by atoms with van der Waals surface area (Å²) >= 11 is 7.34. The number of hydrazine groups is 1. The fraction of sp³-hybridized carbons (Fsp3) is 0.0435. The smallest absolute Gasteiger partial charge is 0.339 e. The Hall–Kier alpha value is -3.82. The molecule has 0 bridgehead atoms. The highest BCUT2D eigenvalue weighted by Gasteiger charge is 2.17. The molecule has 7 nitrogen and oxygen atoms in total. The fourth-order valence-corrected chi connectivity index (χ4v) is 3.97. The summed E-state index contributed by atoms with van der Waals surface area (Å²) in [5, 5.41) is 0.568. The summed E-state index contributed by atoms with van der Waals surface area (Å²) < 4.78 is 18.7. The van der Waals surface area contributed by atoms with E-state index in [1.807, 2.05) is 0 Å². The molecule has 0 saturated carbocycles. The number of fused-ring (bicyclic) bond motifs is 1. The normalized spacial score (nSPS) is 10.6. The number of carbonyl (C=O) groups is 3. The van der Waals surface area contributed by atoms with Gasteiger partial charge in [0.05, 0.1) is 26.0 Å². The molecule has 0 unspecified atom stereocenters. The van der Waals surface area contributed by atoms with Crippen LogP contribution in [0.15, 0.2) is 66.7 Å². The van der Waals surface area contributed by atoms with Gasteiger partial charge >= 0.3 is 5.97 Å². The van der Waals surface area contributed by atoms with Crippen LogP contribution in [0.2, 0.25) is 4.34 Å². The summed E-state index contributed by atoms with van der Waals surface area (Å²) in [6.45, 7) is -0.626. The summed E-state index contributed by atoms with van der Waals surface area (Å²) in [6.07, 6.45) is 0. The van der Waals surface area contributed by atoms with E-state index in [2.05, 4.69) is 15.8 Å². The van der Waals surface area contributed by atoms with Gasteiger partial charge in [0.2, 0.25) is 0 Å². The van der Waals surface area contributed by atoms with Crippen LogP contribution in [0.5, 0.6) is 0 Å². The molecule has 2 aromatic heterocycles. The largest absolute Gasteiger partial charge is 0.452 e. The first-order valence-electron chi connectivity index (χ1n) is 9.58. The minimum absolute atomic E-state index is 0.151. The molecule has 166 valence electrons. The molecule has 2 N–H and O–H groups in total. The van der Waals surface area contributed by atoms with Gasteiger partial charge in [-0.25, -0.2) is 14.2 Å². The Labute approximate surface area is 196 Å². The van der Waals surface area contributed by atoms with Crippen LogP contribution in [0.4, 0.5) is 4.39 Å². The van der Waals surface area contributed by atoms with E-state index in [1.54, 1.807) is 42.5 Å². The van der Waals surface area contributed by atoms with Crippen molar-refractivity contribution >= 4 is 51.6 Å². The van der Waals surface area contributed by atoms with E-state index in [0.717, 1.165) is 17.0 Å². The molecule has 10 heteroatoms. The monoisotopic (exact) mass is 483 g/mol. The molecule has 0 aliphatic rings. The van der Waals surface area contributed by atoms with Gasteiger partial charge in [-0.15, -0.1) is 11.3 Å².